The number of halogens is 1. The Bertz CT molecular complexity index is 882. The van der Waals surface area contributed by atoms with Crippen molar-refractivity contribution < 1.29 is 19.0 Å². The molecule has 2 aromatic carbocycles. The molecule has 3 rings (SSSR count). The first-order valence-corrected chi connectivity index (χ1v) is 10.3. The molecule has 0 saturated heterocycles. The third kappa shape index (κ3) is 5.33. The molecule has 4 heteroatoms. The molecular weight excluding hydrogens is 367 g/mol. The zero-order chi connectivity index (χ0) is 20.8. The number of ether oxygens (including phenoxy) is 1. The van der Waals surface area contributed by atoms with E-state index < -0.39 is 5.97 Å². The first-order chi connectivity index (χ1) is 14.0. The van der Waals surface area contributed by atoms with Crippen molar-refractivity contribution in [3.8, 4) is 11.1 Å². The van der Waals surface area contributed by atoms with Crippen molar-refractivity contribution in [2.45, 2.75) is 58.0 Å². The molecule has 0 amide bonds. The maximum atomic E-state index is 15.0. The number of aliphatic hydroxyl groups is 1. The minimum atomic E-state index is -0.464. The standard InChI is InChI=1S/C25H29FO3/c1-17(2)25(28)29-16-22-14-21(9-8-19(22)12-13-27)23-11-10-20(15-24(23)26)18-6-4-3-5-7-18/h8-11,14-15,18,27H,1,3-7,12-13,16H2,2H3. The van der Waals surface area contributed by atoms with Crippen molar-refractivity contribution in [2.75, 3.05) is 6.61 Å². The Balaban J connectivity index is 1.86. The van der Waals surface area contributed by atoms with E-state index in [0.29, 0.717) is 23.5 Å². The predicted molar refractivity (Wildman–Crippen MR) is 113 cm³/mol. The smallest absolute Gasteiger partial charge is 0.333 e. The summed E-state index contributed by atoms with van der Waals surface area (Å²) in [7, 11) is 0. The van der Waals surface area contributed by atoms with Gasteiger partial charge >= 0.3 is 5.97 Å². The van der Waals surface area contributed by atoms with Crippen LogP contribution in [0.15, 0.2) is 48.6 Å². The van der Waals surface area contributed by atoms with E-state index in [2.05, 4.69) is 6.58 Å². The van der Waals surface area contributed by atoms with Gasteiger partial charge in [-0.2, -0.15) is 0 Å². The van der Waals surface area contributed by atoms with Gasteiger partial charge in [-0.25, -0.2) is 9.18 Å². The molecule has 1 fully saturated rings. The minimum absolute atomic E-state index is 0.00870. The Kier molecular flexibility index (Phi) is 7.21. The van der Waals surface area contributed by atoms with Gasteiger partial charge in [-0.1, -0.05) is 50.1 Å². The van der Waals surface area contributed by atoms with Crippen LogP contribution in [0.25, 0.3) is 11.1 Å². The SMILES string of the molecule is C=C(C)C(=O)OCc1cc(-c2ccc(C3CCCCC3)cc2F)ccc1CCO. The number of carbonyl (C=O) groups is 1. The van der Waals surface area contributed by atoms with Crippen LogP contribution in [-0.4, -0.2) is 17.7 Å². The molecule has 0 aromatic heterocycles. The van der Waals surface area contributed by atoms with E-state index in [9.17, 15) is 14.3 Å². The van der Waals surface area contributed by atoms with Crippen LogP contribution in [0.5, 0.6) is 0 Å². The Morgan fingerprint density at radius 3 is 2.55 bits per heavy atom. The number of carbonyl (C=O) groups excluding carboxylic acids is 1. The van der Waals surface area contributed by atoms with Crippen LogP contribution in [0.1, 0.15) is 61.6 Å². The predicted octanol–water partition coefficient (Wildman–Crippen LogP) is 5.69. The zero-order valence-electron chi connectivity index (χ0n) is 17.0. The monoisotopic (exact) mass is 396 g/mol. The van der Waals surface area contributed by atoms with Crippen LogP contribution < -0.4 is 0 Å². The maximum absolute atomic E-state index is 15.0. The summed E-state index contributed by atoms with van der Waals surface area (Å²) in [6.45, 7) is 5.24. The molecule has 2 aromatic rings. The Morgan fingerprint density at radius 2 is 1.90 bits per heavy atom. The molecule has 0 atom stereocenters. The summed E-state index contributed by atoms with van der Waals surface area (Å²) in [5.41, 5.74) is 4.33. The Morgan fingerprint density at radius 1 is 1.14 bits per heavy atom. The van der Waals surface area contributed by atoms with Crippen LogP contribution in [0.3, 0.4) is 0 Å². The van der Waals surface area contributed by atoms with Crippen molar-refractivity contribution in [2.24, 2.45) is 0 Å². The van der Waals surface area contributed by atoms with Crippen LogP contribution in [0.2, 0.25) is 0 Å². The van der Waals surface area contributed by atoms with E-state index >= 15 is 0 Å². The van der Waals surface area contributed by atoms with Crippen molar-refractivity contribution in [3.63, 3.8) is 0 Å². The lowest BCUT2D eigenvalue weighted by molar-refractivity contribution is -0.140. The van der Waals surface area contributed by atoms with Gasteiger partial charge in [0.15, 0.2) is 0 Å². The molecule has 1 N–H and O–H groups in total. The number of aliphatic hydroxyl groups excluding tert-OH is 1. The Labute approximate surface area is 172 Å². The fraction of sp³-hybridized carbons (Fsp3) is 0.400. The maximum Gasteiger partial charge on any atom is 0.333 e. The van der Waals surface area contributed by atoms with E-state index in [1.54, 1.807) is 13.0 Å². The molecule has 3 nitrogen and oxygen atoms in total. The molecule has 0 radical (unpaired) electrons. The van der Waals surface area contributed by atoms with Gasteiger partial charge in [-0.3, -0.25) is 0 Å². The van der Waals surface area contributed by atoms with E-state index in [-0.39, 0.29) is 19.0 Å². The highest BCUT2D eigenvalue weighted by Crippen LogP contribution is 2.35. The Hall–Kier alpha value is -2.46. The summed E-state index contributed by atoms with van der Waals surface area (Å²) in [5.74, 6) is -0.238. The van der Waals surface area contributed by atoms with Crippen LogP contribution in [-0.2, 0) is 22.6 Å². The minimum Gasteiger partial charge on any atom is -0.457 e. The quantitative estimate of drug-likeness (QED) is 0.483. The van der Waals surface area contributed by atoms with Gasteiger partial charge in [0.25, 0.3) is 0 Å². The number of rotatable bonds is 7. The van der Waals surface area contributed by atoms with Crippen LogP contribution >= 0.6 is 0 Å². The van der Waals surface area contributed by atoms with E-state index in [0.717, 1.165) is 35.1 Å². The molecule has 29 heavy (non-hydrogen) atoms. The van der Waals surface area contributed by atoms with Gasteiger partial charge in [0.2, 0.25) is 0 Å². The van der Waals surface area contributed by atoms with Gasteiger partial charge in [0.1, 0.15) is 12.4 Å². The average molecular weight is 397 g/mol. The van der Waals surface area contributed by atoms with Gasteiger partial charge < -0.3 is 9.84 Å². The number of esters is 1. The molecule has 0 aliphatic heterocycles. The van der Waals surface area contributed by atoms with Gasteiger partial charge in [0, 0.05) is 17.7 Å². The second kappa shape index (κ2) is 9.84. The molecule has 1 aliphatic carbocycles. The largest absolute Gasteiger partial charge is 0.457 e. The van der Waals surface area contributed by atoms with Crippen molar-refractivity contribution in [1.82, 2.24) is 0 Å². The van der Waals surface area contributed by atoms with E-state index in [1.807, 2.05) is 30.3 Å². The van der Waals surface area contributed by atoms with Crippen molar-refractivity contribution in [1.29, 1.82) is 0 Å². The summed E-state index contributed by atoms with van der Waals surface area (Å²) in [6.07, 6.45) is 6.41. The number of benzene rings is 2. The second-order valence-electron chi connectivity index (χ2n) is 7.89. The lowest BCUT2D eigenvalue weighted by atomic mass is 9.83. The number of hydrogen-bond donors (Lipinski definition) is 1. The first-order valence-electron chi connectivity index (χ1n) is 10.3. The third-order valence-corrected chi connectivity index (χ3v) is 5.68. The van der Waals surface area contributed by atoms with Gasteiger partial charge in [-0.15, -0.1) is 0 Å². The van der Waals surface area contributed by atoms with E-state index in [4.69, 9.17) is 4.74 Å². The fourth-order valence-corrected chi connectivity index (χ4v) is 4.01. The highest BCUT2D eigenvalue weighted by molar-refractivity contribution is 5.86. The third-order valence-electron chi connectivity index (χ3n) is 5.68. The van der Waals surface area contributed by atoms with Gasteiger partial charge in [-0.05, 0) is 66.5 Å². The molecule has 0 heterocycles. The summed E-state index contributed by atoms with van der Waals surface area (Å²) in [5, 5.41) is 9.31. The van der Waals surface area contributed by atoms with Crippen LogP contribution in [0, 0.1) is 5.82 Å². The number of hydrogen-bond acceptors (Lipinski definition) is 3. The highest BCUT2D eigenvalue weighted by Gasteiger charge is 2.18. The molecule has 0 unspecified atom stereocenters. The molecule has 0 bridgehead atoms. The van der Waals surface area contributed by atoms with Crippen molar-refractivity contribution in [3.05, 3.63) is 71.1 Å². The molecule has 1 aliphatic rings. The second-order valence-corrected chi connectivity index (χ2v) is 7.89. The lowest BCUT2D eigenvalue weighted by Gasteiger charge is -2.22. The summed E-state index contributed by atoms with van der Waals surface area (Å²) in [4.78, 5) is 11.8. The fourth-order valence-electron chi connectivity index (χ4n) is 4.01. The normalized spacial score (nSPS) is 14.6. The summed E-state index contributed by atoms with van der Waals surface area (Å²) in [6, 6.07) is 11.1. The molecule has 1 saturated carbocycles. The average Bonchev–Trinajstić information content (AvgIpc) is 2.73. The first kappa shape index (κ1) is 21.3. The topological polar surface area (TPSA) is 46.5 Å². The van der Waals surface area contributed by atoms with Crippen molar-refractivity contribution >= 4 is 5.97 Å². The van der Waals surface area contributed by atoms with Crippen LogP contribution in [0.4, 0.5) is 4.39 Å². The van der Waals surface area contributed by atoms with E-state index in [1.165, 1.54) is 19.3 Å². The summed E-state index contributed by atoms with van der Waals surface area (Å²) < 4.78 is 20.2. The zero-order valence-corrected chi connectivity index (χ0v) is 17.0. The highest BCUT2D eigenvalue weighted by atomic mass is 19.1. The molecule has 0 spiro atoms. The summed E-state index contributed by atoms with van der Waals surface area (Å²) >= 11 is 0. The molecule has 154 valence electrons. The van der Waals surface area contributed by atoms with Gasteiger partial charge in [0.05, 0.1) is 0 Å². The molecular formula is C25H29FO3. The lowest BCUT2D eigenvalue weighted by Crippen LogP contribution is -2.07.